The Morgan fingerprint density at radius 1 is 1.20 bits per heavy atom. The van der Waals surface area contributed by atoms with Crippen molar-refractivity contribution in [1.82, 2.24) is 4.31 Å². The Morgan fingerprint density at radius 3 is 2.44 bits per heavy atom. The summed E-state index contributed by atoms with van der Waals surface area (Å²) in [5.74, 6) is -0.0938. The van der Waals surface area contributed by atoms with Crippen LogP contribution in [0.25, 0.3) is 0 Å². The maximum Gasteiger partial charge on any atom is 0.282 e. The lowest BCUT2D eigenvalue weighted by molar-refractivity contribution is -0.707. The monoisotopic (exact) mass is 368 g/mol. The van der Waals surface area contributed by atoms with Crippen molar-refractivity contribution in [2.75, 3.05) is 19.4 Å². The second-order valence-corrected chi connectivity index (χ2v) is 9.19. The van der Waals surface area contributed by atoms with E-state index in [-0.39, 0.29) is 16.8 Å². The summed E-state index contributed by atoms with van der Waals surface area (Å²) in [4.78, 5) is 12.6. The molecule has 1 atom stereocenters. The first-order valence-electron chi connectivity index (χ1n) is 8.99. The van der Waals surface area contributed by atoms with Crippen molar-refractivity contribution in [2.24, 2.45) is 0 Å². The van der Waals surface area contributed by atoms with E-state index in [1.54, 1.807) is 12.1 Å². The quantitative estimate of drug-likeness (QED) is 0.748. The Labute approximate surface area is 151 Å². The summed E-state index contributed by atoms with van der Waals surface area (Å²) in [6.45, 7) is 1.90. The van der Waals surface area contributed by atoms with Crippen LogP contribution in [0.2, 0.25) is 0 Å². The molecule has 0 unspecified atom stereocenters. The maximum absolute atomic E-state index is 12.5. The third-order valence-electron chi connectivity index (χ3n) is 4.75. The number of nitrogens with two attached hydrogens (primary N) is 1. The second kappa shape index (κ2) is 8.78. The summed E-state index contributed by atoms with van der Waals surface area (Å²) in [6.07, 6.45) is 7.37. The highest BCUT2D eigenvalue weighted by Crippen LogP contribution is 2.18. The minimum Gasteiger partial charge on any atom is -0.334 e. The van der Waals surface area contributed by atoms with Crippen LogP contribution in [0.15, 0.2) is 29.2 Å². The van der Waals surface area contributed by atoms with Gasteiger partial charge in [-0.1, -0.05) is 18.9 Å². The molecule has 0 bridgehead atoms. The van der Waals surface area contributed by atoms with Gasteiger partial charge in [0.15, 0.2) is 6.04 Å². The molecule has 1 fully saturated rings. The topological polar surface area (TPSA) is 83.1 Å². The van der Waals surface area contributed by atoms with Gasteiger partial charge in [0.25, 0.3) is 5.91 Å². The van der Waals surface area contributed by atoms with Crippen molar-refractivity contribution in [3.63, 3.8) is 0 Å². The van der Waals surface area contributed by atoms with Crippen molar-refractivity contribution in [2.45, 2.75) is 62.4 Å². The van der Waals surface area contributed by atoms with Crippen LogP contribution in [0.3, 0.4) is 0 Å². The number of amides is 1. The molecule has 0 heterocycles. The first-order valence-corrected chi connectivity index (χ1v) is 10.4. The van der Waals surface area contributed by atoms with Gasteiger partial charge in [-0.15, -0.1) is 0 Å². The predicted molar refractivity (Wildman–Crippen MR) is 98.8 cm³/mol. The first kappa shape index (κ1) is 19.9. The second-order valence-electron chi connectivity index (χ2n) is 7.04. The van der Waals surface area contributed by atoms with E-state index in [1.807, 2.05) is 6.92 Å². The van der Waals surface area contributed by atoms with Gasteiger partial charge in [-0.2, -0.15) is 0 Å². The van der Waals surface area contributed by atoms with Crippen LogP contribution in [-0.2, 0) is 14.8 Å². The fraction of sp³-hybridized carbons (Fsp3) is 0.611. The van der Waals surface area contributed by atoms with E-state index in [0.717, 1.165) is 17.1 Å². The number of nitrogens with zero attached hydrogens (tertiary/aromatic N) is 1. The lowest BCUT2D eigenvalue weighted by Crippen LogP contribution is -2.96. The van der Waals surface area contributed by atoms with Gasteiger partial charge in [-0.25, -0.2) is 12.7 Å². The van der Waals surface area contributed by atoms with Gasteiger partial charge in [-0.05, 0) is 50.8 Å². The molecule has 0 saturated heterocycles. The number of sulfonamides is 1. The molecule has 1 aromatic rings. The van der Waals surface area contributed by atoms with Gasteiger partial charge in [0, 0.05) is 19.8 Å². The molecule has 0 spiro atoms. The van der Waals surface area contributed by atoms with Crippen LogP contribution in [0, 0.1) is 0 Å². The Balaban J connectivity index is 2.00. The third kappa shape index (κ3) is 5.52. The fourth-order valence-corrected chi connectivity index (χ4v) is 4.15. The van der Waals surface area contributed by atoms with E-state index in [9.17, 15) is 13.2 Å². The maximum atomic E-state index is 12.5. The van der Waals surface area contributed by atoms with Crippen molar-refractivity contribution < 1.29 is 18.5 Å². The number of hydrogen-bond donors (Lipinski definition) is 2. The van der Waals surface area contributed by atoms with Gasteiger partial charge >= 0.3 is 0 Å². The van der Waals surface area contributed by atoms with Crippen molar-refractivity contribution in [3.8, 4) is 0 Å². The Kier molecular flexibility index (Phi) is 6.98. The number of nitrogens with one attached hydrogen (secondary N) is 1. The normalized spacial score (nSPS) is 17.9. The molecule has 25 heavy (non-hydrogen) atoms. The lowest BCUT2D eigenvalue weighted by Gasteiger charge is -2.18. The number of quaternary nitrogens is 1. The van der Waals surface area contributed by atoms with E-state index in [0.29, 0.717) is 11.7 Å². The first-order chi connectivity index (χ1) is 11.8. The number of benzene rings is 1. The summed E-state index contributed by atoms with van der Waals surface area (Å²) < 4.78 is 25.6. The number of hydrogen-bond acceptors (Lipinski definition) is 3. The molecule has 0 aromatic heterocycles. The van der Waals surface area contributed by atoms with E-state index in [2.05, 4.69) is 10.6 Å². The summed E-state index contributed by atoms with van der Waals surface area (Å²) in [6, 6.07) is 6.70. The van der Waals surface area contributed by atoms with Crippen molar-refractivity contribution in [3.05, 3.63) is 24.3 Å². The molecule has 1 aromatic carbocycles. The van der Waals surface area contributed by atoms with E-state index >= 15 is 0 Å². The molecule has 0 aliphatic heterocycles. The van der Waals surface area contributed by atoms with Gasteiger partial charge in [-0.3, -0.25) is 4.79 Å². The number of rotatable bonds is 6. The standard InChI is InChI=1S/C18H29N3O3S/c1-14(19-15-9-6-4-5-7-10-15)18(22)20-16-11-8-12-17(13-16)25(23,24)21(2)3/h8,11-15,19H,4-7,9-10H2,1-3H3,(H,20,22)/p+1/t14-/m0/s1. The Hall–Kier alpha value is -1.44. The van der Waals surface area contributed by atoms with E-state index in [1.165, 1.54) is 51.9 Å². The average Bonchev–Trinajstić information content (AvgIpc) is 2.83. The molecule has 1 aliphatic carbocycles. The SMILES string of the molecule is C[C@H]([NH2+]C1CCCCCC1)C(=O)Nc1cccc(S(=O)(=O)N(C)C)c1. The summed E-state index contributed by atoms with van der Waals surface area (Å²) in [5, 5.41) is 5.00. The van der Waals surface area contributed by atoms with Crippen LogP contribution in [0.1, 0.15) is 45.4 Å². The zero-order chi connectivity index (χ0) is 18.4. The number of anilines is 1. The number of carbonyl (C=O) groups excluding carboxylic acids is 1. The molecule has 2 rings (SSSR count). The van der Waals surface area contributed by atoms with Gasteiger partial charge in [0.2, 0.25) is 10.0 Å². The highest BCUT2D eigenvalue weighted by molar-refractivity contribution is 7.89. The van der Waals surface area contributed by atoms with Crippen LogP contribution < -0.4 is 10.6 Å². The Bertz CT molecular complexity index is 681. The van der Waals surface area contributed by atoms with Crippen LogP contribution >= 0.6 is 0 Å². The predicted octanol–water partition coefficient (Wildman–Crippen LogP) is 1.55. The summed E-state index contributed by atoms with van der Waals surface area (Å²) in [7, 11) is -0.527. The minimum atomic E-state index is -3.51. The van der Waals surface area contributed by atoms with Crippen LogP contribution in [0.5, 0.6) is 0 Å². The smallest absolute Gasteiger partial charge is 0.282 e. The molecule has 1 amide bonds. The molecular weight excluding hydrogens is 338 g/mol. The summed E-state index contributed by atoms with van der Waals surface area (Å²) in [5.41, 5.74) is 0.508. The highest BCUT2D eigenvalue weighted by Gasteiger charge is 2.23. The van der Waals surface area contributed by atoms with Crippen molar-refractivity contribution in [1.29, 1.82) is 0 Å². The van der Waals surface area contributed by atoms with Crippen LogP contribution in [-0.4, -0.2) is 44.8 Å². The summed E-state index contributed by atoms with van der Waals surface area (Å²) >= 11 is 0. The van der Waals surface area contributed by atoms with Crippen molar-refractivity contribution >= 4 is 21.6 Å². The zero-order valence-electron chi connectivity index (χ0n) is 15.4. The molecular formula is C18H30N3O3S+. The van der Waals surface area contributed by atoms with Gasteiger partial charge < -0.3 is 10.6 Å². The molecule has 1 saturated carbocycles. The molecule has 1 aliphatic rings. The minimum absolute atomic E-state index is 0.0938. The lowest BCUT2D eigenvalue weighted by atomic mass is 10.1. The molecule has 3 N–H and O–H groups in total. The van der Waals surface area contributed by atoms with Crippen LogP contribution in [0.4, 0.5) is 5.69 Å². The average molecular weight is 369 g/mol. The zero-order valence-corrected chi connectivity index (χ0v) is 16.2. The van der Waals surface area contributed by atoms with E-state index in [4.69, 9.17) is 0 Å². The Morgan fingerprint density at radius 2 is 1.84 bits per heavy atom. The highest BCUT2D eigenvalue weighted by atomic mass is 32.2. The molecule has 0 radical (unpaired) electrons. The number of carbonyl (C=O) groups is 1. The largest absolute Gasteiger partial charge is 0.334 e. The fourth-order valence-electron chi connectivity index (χ4n) is 3.20. The molecule has 6 nitrogen and oxygen atoms in total. The molecule has 140 valence electrons. The third-order valence-corrected chi connectivity index (χ3v) is 6.57. The van der Waals surface area contributed by atoms with Gasteiger partial charge in [0.05, 0.1) is 10.9 Å². The van der Waals surface area contributed by atoms with Gasteiger partial charge in [0.1, 0.15) is 0 Å². The van der Waals surface area contributed by atoms with E-state index < -0.39 is 10.0 Å². The molecule has 7 heteroatoms.